The molecule has 0 atom stereocenters. The maximum Gasteiger partial charge on any atom is 0.320 e. The van der Waals surface area contributed by atoms with Gasteiger partial charge in [-0.15, -0.1) is 5.10 Å². The number of nitrogens with two attached hydrogens (primary N) is 2. The number of hydrogen-bond acceptors (Lipinski definition) is 10. The Labute approximate surface area is 167 Å². The summed E-state index contributed by atoms with van der Waals surface area (Å²) in [6.45, 7) is 6.02. The van der Waals surface area contributed by atoms with Crippen molar-refractivity contribution in [3.05, 3.63) is 5.82 Å². The van der Waals surface area contributed by atoms with Crippen molar-refractivity contribution in [3.63, 3.8) is 0 Å². The summed E-state index contributed by atoms with van der Waals surface area (Å²) in [5.74, 6) is 4.14. The van der Waals surface area contributed by atoms with Crippen LogP contribution in [0.1, 0.15) is 33.0 Å². The highest BCUT2D eigenvalue weighted by Gasteiger charge is 2.40. The fourth-order valence-corrected chi connectivity index (χ4v) is 2.76. The number of tetrazole rings is 1. The van der Waals surface area contributed by atoms with Crippen LogP contribution in [0.15, 0.2) is 0 Å². The average molecular weight is 412 g/mol. The number of nitrogen functional groups attached to an aromatic ring is 1. The zero-order valence-electron chi connectivity index (χ0n) is 16.9. The molecule has 0 saturated carbocycles. The van der Waals surface area contributed by atoms with Crippen molar-refractivity contribution in [1.82, 2.24) is 30.2 Å². The maximum atomic E-state index is 13.8. The van der Waals surface area contributed by atoms with E-state index in [2.05, 4.69) is 25.5 Å². The van der Waals surface area contributed by atoms with Gasteiger partial charge in [0.25, 0.3) is 5.92 Å². The van der Waals surface area contributed by atoms with Crippen molar-refractivity contribution >= 4 is 17.3 Å². The van der Waals surface area contributed by atoms with Crippen LogP contribution in [-0.4, -0.2) is 55.8 Å². The first-order valence-corrected chi connectivity index (χ1v) is 9.12. The summed E-state index contributed by atoms with van der Waals surface area (Å²) in [4.78, 5) is 10.0. The Morgan fingerprint density at radius 2 is 2.00 bits per heavy atom. The van der Waals surface area contributed by atoms with Gasteiger partial charge in [-0.2, -0.15) is 9.97 Å². The number of aromatic nitrogens is 6. The van der Waals surface area contributed by atoms with Crippen LogP contribution in [0.2, 0.25) is 0 Å². The van der Waals surface area contributed by atoms with E-state index < -0.39 is 12.5 Å². The zero-order valence-corrected chi connectivity index (χ0v) is 16.9. The van der Waals surface area contributed by atoms with E-state index in [1.54, 1.807) is 7.05 Å². The Hall–Kier alpha value is -2.83. The molecule has 29 heavy (non-hydrogen) atoms. The van der Waals surface area contributed by atoms with Crippen molar-refractivity contribution in [3.8, 4) is 6.01 Å². The van der Waals surface area contributed by atoms with Crippen molar-refractivity contribution in [1.29, 1.82) is 0 Å². The molecule has 1 aliphatic rings. The molecule has 1 fully saturated rings. The fraction of sp³-hybridized carbons (Fsp3) is 0.688. The largest absolute Gasteiger partial charge is 0.463 e. The Bertz CT molecular complexity index is 866. The number of halogens is 2. The Balaban J connectivity index is 1.94. The molecule has 0 aliphatic carbocycles. The third kappa shape index (κ3) is 4.96. The van der Waals surface area contributed by atoms with Gasteiger partial charge in [-0.3, -0.25) is 5.01 Å². The van der Waals surface area contributed by atoms with Crippen LogP contribution in [-0.2, 0) is 13.6 Å². The molecule has 1 aliphatic heterocycles. The smallest absolute Gasteiger partial charge is 0.320 e. The van der Waals surface area contributed by atoms with Gasteiger partial charge < -0.3 is 15.4 Å². The SMILES string of the molecule is Cn1nnnc1CN(N)c1nc(OCC(C)(C)C)nc(N2CCC(F)(F)C2)c1N. The number of hydrogen-bond donors (Lipinski definition) is 2. The van der Waals surface area contributed by atoms with Crippen LogP contribution in [0.25, 0.3) is 0 Å². The van der Waals surface area contributed by atoms with Crippen molar-refractivity contribution in [2.75, 3.05) is 35.3 Å². The van der Waals surface area contributed by atoms with E-state index in [9.17, 15) is 8.78 Å². The van der Waals surface area contributed by atoms with Gasteiger partial charge in [0.05, 0.1) is 19.7 Å². The Morgan fingerprint density at radius 3 is 2.55 bits per heavy atom. The Morgan fingerprint density at radius 1 is 1.28 bits per heavy atom. The van der Waals surface area contributed by atoms with Crippen LogP contribution < -0.4 is 26.2 Å². The third-order valence-electron chi connectivity index (χ3n) is 4.28. The van der Waals surface area contributed by atoms with Crippen LogP contribution >= 0.6 is 0 Å². The highest BCUT2D eigenvalue weighted by Crippen LogP contribution is 2.37. The lowest BCUT2D eigenvalue weighted by Gasteiger charge is -2.25. The molecule has 13 heteroatoms. The second kappa shape index (κ2) is 7.54. The molecule has 0 radical (unpaired) electrons. The summed E-state index contributed by atoms with van der Waals surface area (Å²) in [6, 6.07) is 0.0147. The molecular formula is C16H26F2N10O. The van der Waals surface area contributed by atoms with Gasteiger partial charge in [-0.25, -0.2) is 19.3 Å². The highest BCUT2D eigenvalue weighted by molar-refractivity contribution is 5.76. The van der Waals surface area contributed by atoms with Gasteiger partial charge in [0.15, 0.2) is 17.5 Å². The number of hydrazine groups is 1. The molecule has 160 valence electrons. The fourth-order valence-electron chi connectivity index (χ4n) is 2.76. The van der Waals surface area contributed by atoms with E-state index in [0.717, 1.165) is 0 Å². The average Bonchev–Trinajstić information content (AvgIpc) is 3.18. The highest BCUT2D eigenvalue weighted by atomic mass is 19.3. The minimum absolute atomic E-state index is 0.0147. The predicted molar refractivity (Wildman–Crippen MR) is 102 cm³/mol. The maximum absolute atomic E-state index is 13.8. The minimum Gasteiger partial charge on any atom is -0.463 e. The number of rotatable bonds is 6. The number of alkyl halides is 2. The van der Waals surface area contributed by atoms with E-state index in [1.165, 1.54) is 14.6 Å². The molecule has 0 aromatic carbocycles. The monoisotopic (exact) mass is 412 g/mol. The van der Waals surface area contributed by atoms with Gasteiger partial charge >= 0.3 is 6.01 Å². The first kappa shape index (κ1) is 20.9. The van der Waals surface area contributed by atoms with E-state index >= 15 is 0 Å². The molecule has 0 spiro atoms. The number of aryl methyl sites for hydroxylation is 1. The molecule has 2 aromatic heterocycles. The van der Waals surface area contributed by atoms with Gasteiger partial charge in [-0.1, -0.05) is 20.8 Å². The second-order valence-electron chi connectivity index (χ2n) is 8.29. The number of anilines is 3. The summed E-state index contributed by atoms with van der Waals surface area (Å²) in [6.07, 6.45) is -0.277. The summed E-state index contributed by atoms with van der Waals surface area (Å²) < 4.78 is 34.7. The third-order valence-corrected chi connectivity index (χ3v) is 4.28. The molecule has 11 nitrogen and oxygen atoms in total. The van der Waals surface area contributed by atoms with Crippen molar-refractivity contribution < 1.29 is 13.5 Å². The predicted octanol–water partition coefficient (Wildman–Crippen LogP) is 0.733. The molecule has 4 N–H and O–H groups in total. The standard InChI is InChI=1S/C16H26F2N10O/c1-15(2,3)9-29-14-21-12(27-6-5-16(17,18)8-27)11(19)13(22-14)28(20)7-10-23-24-25-26(10)4/h5-9,19-20H2,1-4H3. The topological polar surface area (TPSA) is 137 Å². The van der Waals surface area contributed by atoms with Gasteiger partial charge in [0.2, 0.25) is 0 Å². The van der Waals surface area contributed by atoms with Gasteiger partial charge in [-0.05, 0) is 15.8 Å². The lowest BCUT2D eigenvalue weighted by molar-refractivity contribution is 0.0256. The minimum atomic E-state index is -2.81. The molecule has 3 heterocycles. The molecule has 0 unspecified atom stereocenters. The Kier molecular flexibility index (Phi) is 5.43. The van der Waals surface area contributed by atoms with Crippen molar-refractivity contribution in [2.45, 2.75) is 39.7 Å². The first-order chi connectivity index (χ1) is 13.5. The van der Waals surface area contributed by atoms with Crippen LogP contribution in [0, 0.1) is 5.41 Å². The lowest BCUT2D eigenvalue weighted by atomic mass is 9.99. The summed E-state index contributed by atoms with van der Waals surface area (Å²) in [5.41, 5.74) is 6.16. The lowest BCUT2D eigenvalue weighted by Crippen LogP contribution is -2.34. The molecule has 0 bridgehead atoms. The summed E-state index contributed by atoms with van der Waals surface area (Å²) >= 11 is 0. The van der Waals surface area contributed by atoms with Gasteiger partial charge in [0, 0.05) is 20.0 Å². The zero-order chi connectivity index (χ0) is 21.4. The second-order valence-corrected chi connectivity index (χ2v) is 8.29. The first-order valence-electron chi connectivity index (χ1n) is 9.12. The van der Waals surface area contributed by atoms with E-state index in [4.69, 9.17) is 16.3 Å². The molecule has 0 amide bonds. The van der Waals surface area contributed by atoms with E-state index in [-0.39, 0.29) is 48.3 Å². The molecule has 3 rings (SSSR count). The molecule has 1 saturated heterocycles. The number of ether oxygens (including phenoxy) is 1. The van der Waals surface area contributed by atoms with Crippen LogP contribution in [0.3, 0.4) is 0 Å². The normalized spacial score (nSPS) is 16.3. The van der Waals surface area contributed by atoms with Crippen LogP contribution in [0.4, 0.5) is 26.1 Å². The van der Waals surface area contributed by atoms with Crippen LogP contribution in [0.5, 0.6) is 6.01 Å². The van der Waals surface area contributed by atoms with Gasteiger partial charge in [0.1, 0.15) is 5.69 Å². The summed E-state index contributed by atoms with van der Waals surface area (Å²) in [5, 5.41) is 12.4. The van der Waals surface area contributed by atoms with E-state index in [0.29, 0.717) is 12.4 Å². The molecular weight excluding hydrogens is 386 g/mol. The molecule has 2 aromatic rings. The quantitative estimate of drug-likeness (QED) is 0.516. The summed E-state index contributed by atoms with van der Waals surface area (Å²) in [7, 11) is 1.67. The van der Waals surface area contributed by atoms with Crippen molar-refractivity contribution in [2.24, 2.45) is 18.3 Å². The number of nitrogens with zero attached hydrogens (tertiary/aromatic N) is 8. The van der Waals surface area contributed by atoms with E-state index in [1.807, 2.05) is 20.8 Å².